The summed E-state index contributed by atoms with van der Waals surface area (Å²) in [5.74, 6) is 0.766. The Morgan fingerprint density at radius 3 is 2.81 bits per heavy atom. The van der Waals surface area contributed by atoms with Gasteiger partial charge < -0.3 is 5.32 Å². The maximum Gasteiger partial charge on any atom is 0.130 e. The van der Waals surface area contributed by atoms with Crippen molar-refractivity contribution in [1.82, 2.24) is 9.97 Å². The van der Waals surface area contributed by atoms with E-state index in [2.05, 4.69) is 31.2 Å². The van der Waals surface area contributed by atoms with E-state index in [0.717, 1.165) is 21.0 Å². The van der Waals surface area contributed by atoms with Crippen molar-refractivity contribution in [1.29, 1.82) is 0 Å². The van der Waals surface area contributed by atoms with Crippen LogP contribution in [0.5, 0.6) is 0 Å². The summed E-state index contributed by atoms with van der Waals surface area (Å²) >= 11 is 9.33. The average Bonchev–Trinajstić information content (AvgIpc) is 2.28. The Morgan fingerprint density at radius 2 is 2.06 bits per heavy atom. The van der Waals surface area contributed by atoms with Crippen LogP contribution < -0.4 is 5.32 Å². The van der Waals surface area contributed by atoms with Crippen molar-refractivity contribution < 1.29 is 0 Å². The highest BCUT2D eigenvalue weighted by Crippen LogP contribution is 2.16. The number of aromatic nitrogens is 2. The molecule has 0 saturated carbocycles. The second-order valence-electron chi connectivity index (χ2n) is 3.17. The summed E-state index contributed by atoms with van der Waals surface area (Å²) in [6.07, 6.45) is 1.50. The van der Waals surface area contributed by atoms with Gasteiger partial charge in [-0.3, -0.25) is 0 Å². The van der Waals surface area contributed by atoms with Crippen molar-refractivity contribution in [3.8, 4) is 0 Å². The van der Waals surface area contributed by atoms with Crippen molar-refractivity contribution >= 4 is 33.3 Å². The third-order valence-corrected chi connectivity index (χ3v) is 2.85. The monoisotopic (exact) mass is 297 g/mol. The summed E-state index contributed by atoms with van der Waals surface area (Å²) in [6.45, 7) is 0.642. The normalized spacial score (nSPS) is 10.1. The van der Waals surface area contributed by atoms with Crippen LogP contribution in [0.15, 0.2) is 41.3 Å². The Bertz CT molecular complexity index is 490. The topological polar surface area (TPSA) is 37.8 Å². The minimum absolute atomic E-state index is 0.642. The van der Waals surface area contributed by atoms with E-state index in [9.17, 15) is 0 Å². The predicted molar refractivity (Wildman–Crippen MR) is 68.5 cm³/mol. The molecule has 1 N–H and O–H groups in total. The molecule has 0 radical (unpaired) electrons. The molecule has 16 heavy (non-hydrogen) atoms. The minimum Gasteiger partial charge on any atom is -0.366 e. The molecule has 0 spiro atoms. The molecule has 0 aliphatic heterocycles. The number of hydrogen-bond donors (Lipinski definition) is 1. The Balaban J connectivity index is 2.05. The van der Waals surface area contributed by atoms with Gasteiger partial charge in [0.1, 0.15) is 16.7 Å². The molecule has 0 atom stereocenters. The molecule has 1 aromatic carbocycles. The summed E-state index contributed by atoms with van der Waals surface area (Å²) in [7, 11) is 0. The van der Waals surface area contributed by atoms with Gasteiger partial charge in [-0.1, -0.05) is 29.8 Å². The van der Waals surface area contributed by atoms with Crippen LogP contribution in [0.1, 0.15) is 5.56 Å². The molecule has 0 bridgehead atoms. The van der Waals surface area contributed by atoms with E-state index in [1.807, 2.05) is 30.3 Å². The van der Waals surface area contributed by atoms with Crippen LogP contribution in [0.2, 0.25) is 5.02 Å². The Hall–Kier alpha value is -1.13. The number of benzene rings is 1. The van der Waals surface area contributed by atoms with Crippen molar-refractivity contribution in [2.24, 2.45) is 0 Å². The summed E-state index contributed by atoms with van der Waals surface area (Å²) in [5.41, 5.74) is 1.04. The Morgan fingerprint density at radius 1 is 1.25 bits per heavy atom. The molecule has 0 fully saturated rings. The van der Waals surface area contributed by atoms with E-state index in [0.29, 0.717) is 6.54 Å². The lowest BCUT2D eigenvalue weighted by Crippen LogP contribution is -2.01. The van der Waals surface area contributed by atoms with Gasteiger partial charge in [-0.25, -0.2) is 9.97 Å². The average molecular weight is 299 g/mol. The molecule has 1 heterocycles. The van der Waals surface area contributed by atoms with Crippen LogP contribution in [0, 0.1) is 0 Å². The van der Waals surface area contributed by atoms with Gasteiger partial charge in [0.25, 0.3) is 0 Å². The summed E-state index contributed by atoms with van der Waals surface area (Å²) in [5, 5.41) is 3.93. The molecular weight excluding hydrogens is 289 g/mol. The zero-order chi connectivity index (χ0) is 11.4. The lowest BCUT2D eigenvalue weighted by atomic mass is 10.2. The highest BCUT2D eigenvalue weighted by molar-refractivity contribution is 9.10. The number of nitrogens with one attached hydrogen (secondary N) is 1. The van der Waals surface area contributed by atoms with Crippen molar-refractivity contribution in [2.75, 3.05) is 5.32 Å². The van der Waals surface area contributed by atoms with Crippen LogP contribution in [0.25, 0.3) is 0 Å². The van der Waals surface area contributed by atoms with Gasteiger partial charge >= 0.3 is 0 Å². The molecule has 1 aromatic heterocycles. The molecule has 0 saturated heterocycles. The molecule has 2 rings (SSSR count). The lowest BCUT2D eigenvalue weighted by molar-refractivity contribution is 1.07. The number of nitrogens with zero attached hydrogens (tertiary/aromatic N) is 2. The third-order valence-electron chi connectivity index (χ3n) is 2.05. The van der Waals surface area contributed by atoms with Gasteiger partial charge in [-0.15, -0.1) is 0 Å². The van der Waals surface area contributed by atoms with Crippen LogP contribution >= 0.6 is 27.5 Å². The fourth-order valence-corrected chi connectivity index (χ4v) is 1.77. The number of halogens is 2. The first kappa shape index (κ1) is 11.4. The van der Waals surface area contributed by atoms with Crippen molar-refractivity contribution in [2.45, 2.75) is 6.54 Å². The number of rotatable bonds is 3. The minimum atomic E-state index is 0.642. The van der Waals surface area contributed by atoms with Gasteiger partial charge in [-0.2, -0.15) is 0 Å². The first-order valence-corrected chi connectivity index (χ1v) is 5.87. The zero-order valence-electron chi connectivity index (χ0n) is 8.32. The maximum atomic E-state index is 6.04. The maximum absolute atomic E-state index is 6.04. The predicted octanol–water partition coefficient (Wildman–Crippen LogP) is 3.50. The standard InChI is InChI=1S/C11H9BrClN3/c12-10-5-11(16-7-15-10)14-6-8-3-1-2-4-9(8)13/h1-5,7H,6H2,(H,14,15,16). The van der Waals surface area contributed by atoms with Crippen LogP contribution in [0.3, 0.4) is 0 Å². The smallest absolute Gasteiger partial charge is 0.130 e. The fraction of sp³-hybridized carbons (Fsp3) is 0.0909. The number of anilines is 1. The van der Waals surface area contributed by atoms with E-state index in [-0.39, 0.29) is 0 Å². The molecule has 3 nitrogen and oxygen atoms in total. The quantitative estimate of drug-likeness (QED) is 0.881. The van der Waals surface area contributed by atoms with Gasteiger partial charge in [0, 0.05) is 17.6 Å². The van der Waals surface area contributed by atoms with Gasteiger partial charge in [0.2, 0.25) is 0 Å². The molecule has 2 aromatic rings. The van der Waals surface area contributed by atoms with Crippen LogP contribution in [-0.4, -0.2) is 9.97 Å². The summed E-state index contributed by atoms with van der Waals surface area (Å²) in [4.78, 5) is 8.04. The number of hydrogen-bond acceptors (Lipinski definition) is 3. The molecule has 0 unspecified atom stereocenters. The fourth-order valence-electron chi connectivity index (χ4n) is 1.26. The van der Waals surface area contributed by atoms with E-state index in [1.54, 1.807) is 0 Å². The van der Waals surface area contributed by atoms with E-state index >= 15 is 0 Å². The van der Waals surface area contributed by atoms with Crippen LogP contribution in [0.4, 0.5) is 5.82 Å². The highest BCUT2D eigenvalue weighted by Gasteiger charge is 1.99. The molecule has 0 aliphatic carbocycles. The first-order valence-electron chi connectivity index (χ1n) is 4.70. The van der Waals surface area contributed by atoms with Crippen molar-refractivity contribution in [3.63, 3.8) is 0 Å². The molecule has 5 heteroatoms. The Kier molecular flexibility index (Phi) is 3.74. The molecular formula is C11H9BrClN3. The largest absolute Gasteiger partial charge is 0.366 e. The summed E-state index contributed by atoms with van der Waals surface area (Å²) in [6, 6.07) is 9.53. The first-order chi connectivity index (χ1) is 7.75. The Labute approximate surface area is 107 Å². The highest BCUT2D eigenvalue weighted by atomic mass is 79.9. The van der Waals surface area contributed by atoms with Gasteiger partial charge in [-0.05, 0) is 27.6 Å². The van der Waals surface area contributed by atoms with Gasteiger partial charge in [0.15, 0.2) is 0 Å². The van der Waals surface area contributed by atoms with Crippen LogP contribution in [-0.2, 0) is 6.54 Å². The molecule has 0 amide bonds. The van der Waals surface area contributed by atoms with E-state index < -0.39 is 0 Å². The van der Waals surface area contributed by atoms with Crippen molar-refractivity contribution in [3.05, 3.63) is 51.8 Å². The second-order valence-corrected chi connectivity index (χ2v) is 4.39. The van der Waals surface area contributed by atoms with Gasteiger partial charge in [0.05, 0.1) is 0 Å². The third kappa shape index (κ3) is 2.93. The SMILES string of the molecule is Clc1ccccc1CNc1cc(Br)ncn1. The lowest BCUT2D eigenvalue weighted by Gasteiger charge is -2.06. The summed E-state index contributed by atoms with van der Waals surface area (Å²) < 4.78 is 0.754. The zero-order valence-corrected chi connectivity index (χ0v) is 10.7. The second kappa shape index (κ2) is 5.27. The van der Waals surface area contributed by atoms with E-state index in [4.69, 9.17) is 11.6 Å². The molecule has 0 aliphatic rings. The molecule has 82 valence electrons. The van der Waals surface area contributed by atoms with E-state index in [1.165, 1.54) is 6.33 Å².